The summed E-state index contributed by atoms with van der Waals surface area (Å²) in [6.07, 6.45) is 9.15. The molecule has 0 aromatic heterocycles. The molecule has 1 saturated carbocycles. The van der Waals surface area contributed by atoms with Gasteiger partial charge in [-0.1, -0.05) is 37.5 Å². The van der Waals surface area contributed by atoms with E-state index in [4.69, 9.17) is 9.84 Å². The first-order valence-corrected chi connectivity index (χ1v) is 6.88. The van der Waals surface area contributed by atoms with Crippen molar-refractivity contribution in [3.8, 4) is 5.75 Å². The van der Waals surface area contributed by atoms with E-state index in [9.17, 15) is 4.79 Å². The van der Waals surface area contributed by atoms with Crippen LogP contribution in [0, 0.1) is 5.92 Å². The van der Waals surface area contributed by atoms with Gasteiger partial charge in [0, 0.05) is 11.6 Å². The summed E-state index contributed by atoms with van der Waals surface area (Å²) in [6.45, 7) is 0.734. The molecule has 102 valence electrons. The lowest BCUT2D eigenvalue weighted by atomic mass is 9.90. The fourth-order valence-electron chi connectivity index (χ4n) is 2.47. The Morgan fingerprint density at radius 2 is 2.00 bits per heavy atom. The third kappa shape index (κ3) is 4.43. The summed E-state index contributed by atoms with van der Waals surface area (Å²) in [5.74, 6) is 0.470. The smallest absolute Gasteiger partial charge is 0.328 e. The van der Waals surface area contributed by atoms with Crippen molar-refractivity contribution in [3.63, 3.8) is 0 Å². The molecule has 1 aliphatic rings. The molecule has 3 heteroatoms. The van der Waals surface area contributed by atoms with Crippen molar-refractivity contribution in [1.29, 1.82) is 0 Å². The molecular formula is C16H20O3. The number of carbonyl (C=O) groups is 1. The normalized spacial score (nSPS) is 16.6. The molecule has 0 amide bonds. The van der Waals surface area contributed by atoms with Crippen LogP contribution in [-0.4, -0.2) is 17.7 Å². The van der Waals surface area contributed by atoms with Crippen LogP contribution in [0.15, 0.2) is 30.3 Å². The molecule has 0 atom stereocenters. The van der Waals surface area contributed by atoms with Crippen LogP contribution < -0.4 is 4.74 Å². The second kappa shape index (κ2) is 6.98. The number of aliphatic carboxylic acids is 1. The molecule has 1 aromatic carbocycles. The molecule has 0 heterocycles. The van der Waals surface area contributed by atoms with Gasteiger partial charge in [-0.25, -0.2) is 4.79 Å². The van der Waals surface area contributed by atoms with Crippen LogP contribution in [-0.2, 0) is 4.79 Å². The molecule has 0 unspecified atom stereocenters. The Hall–Kier alpha value is -1.77. The number of ether oxygens (including phenoxy) is 1. The molecule has 1 fully saturated rings. The maximum Gasteiger partial charge on any atom is 0.328 e. The number of para-hydroxylation sites is 1. The zero-order valence-electron chi connectivity index (χ0n) is 11.0. The minimum Gasteiger partial charge on any atom is -0.493 e. The van der Waals surface area contributed by atoms with Gasteiger partial charge in [0.15, 0.2) is 0 Å². The number of carboxylic acid groups (broad SMARTS) is 1. The molecule has 1 aromatic rings. The second-order valence-electron chi connectivity index (χ2n) is 5.02. The molecule has 0 aliphatic heterocycles. The van der Waals surface area contributed by atoms with E-state index in [1.807, 2.05) is 24.3 Å². The monoisotopic (exact) mass is 260 g/mol. The molecule has 0 spiro atoms. The van der Waals surface area contributed by atoms with Crippen molar-refractivity contribution in [1.82, 2.24) is 0 Å². The first kappa shape index (κ1) is 13.7. The molecular weight excluding hydrogens is 240 g/mol. The largest absolute Gasteiger partial charge is 0.493 e. The van der Waals surface area contributed by atoms with E-state index in [2.05, 4.69) is 0 Å². The lowest BCUT2D eigenvalue weighted by Gasteiger charge is -2.22. The van der Waals surface area contributed by atoms with Gasteiger partial charge in [-0.05, 0) is 30.9 Å². The van der Waals surface area contributed by atoms with Gasteiger partial charge in [0.25, 0.3) is 0 Å². The van der Waals surface area contributed by atoms with E-state index in [-0.39, 0.29) is 0 Å². The van der Waals surface area contributed by atoms with Crippen LogP contribution >= 0.6 is 0 Å². The van der Waals surface area contributed by atoms with Crippen molar-refractivity contribution in [3.05, 3.63) is 35.9 Å². The van der Waals surface area contributed by atoms with Crippen molar-refractivity contribution < 1.29 is 14.6 Å². The third-order valence-electron chi connectivity index (χ3n) is 3.52. The summed E-state index contributed by atoms with van der Waals surface area (Å²) in [5, 5.41) is 8.67. The molecule has 3 nitrogen and oxygen atoms in total. The summed E-state index contributed by atoms with van der Waals surface area (Å²) >= 11 is 0. The fourth-order valence-corrected chi connectivity index (χ4v) is 2.47. The highest BCUT2D eigenvalue weighted by molar-refractivity contribution is 5.85. The zero-order chi connectivity index (χ0) is 13.5. The van der Waals surface area contributed by atoms with Crippen molar-refractivity contribution in [2.45, 2.75) is 32.1 Å². The first-order chi connectivity index (χ1) is 9.25. The van der Waals surface area contributed by atoms with Crippen molar-refractivity contribution >= 4 is 12.0 Å². The summed E-state index contributed by atoms with van der Waals surface area (Å²) in [5.41, 5.74) is 0.820. The van der Waals surface area contributed by atoms with E-state index >= 15 is 0 Å². The summed E-state index contributed by atoms with van der Waals surface area (Å²) < 4.78 is 5.86. The number of hydrogen-bond acceptors (Lipinski definition) is 2. The van der Waals surface area contributed by atoms with Gasteiger partial charge in [0.05, 0.1) is 6.61 Å². The van der Waals surface area contributed by atoms with Gasteiger partial charge in [-0.15, -0.1) is 0 Å². The van der Waals surface area contributed by atoms with Crippen LogP contribution in [0.25, 0.3) is 6.08 Å². The Kier molecular flexibility index (Phi) is 5.01. The molecule has 19 heavy (non-hydrogen) atoms. The first-order valence-electron chi connectivity index (χ1n) is 6.88. The maximum atomic E-state index is 10.6. The van der Waals surface area contributed by atoms with Gasteiger partial charge in [-0.3, -0.25) is 0 Å². The highest BCUT2D eigenvalue weighted by Gasteiger charge is 2.14. The van der Waals surface area contributed by atoms with Gasteiger partial charge in [-0.2, -0.15) is 0 Å². The van der Waals surface area contributed by atoms with E-state index in [1.54, 1.807) is 6.08 Å². The topological polar surface area (TPSA) is 46.5 Å². The van der Waals surface area contributed by atoms with Crippen LogP contribution in [0.3, 0.4) is 0 Å². The minimum atomic E-state index is -0.943. The molecule has 0 bridgehead atoms. The molecule has 0 saturated heterocycles. The number of rotatable bonds is 5. The van der Waals surface area contributed by atoms with E-state index in [1.165, 1.54) is 32.1 Å². The van der Waals surface area contributed by atoms with Gasteiger partial charge in [0.2, 0.25) is 0 Å². The highest BCUT2D eigenvalue weighted by Crippen LogP contribution is 2.26. The minimum absolute atomic E-state index is 0.644. The standard InChI is InChI=1S/C16H20O3/c17-16(18)11-10-14-8-4-5-9-15(14)19-12-13-6-2-1-3-7-13/h4-5,8-11,13H,1-3,6-7,12H2,(H,17,18)/b11-10+. The second-order valence-corrected chi connectivity index (χ2v) is 5.02. The van der Waals surface area contributed by atoms with Crippen LogP contribution in [0.1, 0.15) is 37.7 Å². The van der Waals surface area contributed by atoms with E-state index in [0.29, 0.717) is 5.92 Å². The van der Waals surface area contributed by atoms with Gasteiger partial charge < -0.3 is 9.84 Å². The Labute approximate surface area is 113 Å². The van der Waals surface area contributed by atoms with Gasteiger partial charge in [0.1, 0.15) is 5.75 Å². The Bertz CT molecular complexity index is 445. The van der Waals surface area contributed by atoms with Crippen molar-refractivity contribution in [2.24, 2.45) is 5.92 Å². The predicted octanol–water partition coefficient (Wildman–Crippen LogP) is 3.74. The average Bonchev–Trinajstić information content (AvgIpc) is 2.45. The van der Waals surface area contributed by atoms with Crippen molar-refractivity contribution in [2.75, 3.05) is 6.61 Å². The number of benzene rings is 1. The third-order valence-corrected chi connectivity index (χ3v) is 3.52. The maximum absolute atomic E-state index is 10.6. The van der Waals surface area contributed by atoms with Crippen LogP contribution in [0.4, 0.5) is 0 Å². The average molecular weight is 260 g/mol. The number of hydrogen-bond donors (Lipinski definition) is 1. The van der Waals surface area contributed by atoms with Gasteiger partial charge >= 0.3 is 5.97 Å². The number of carboxylic acids is 1. The lowest BCUT2D eigenvalue weighted by Crippen LogP contribution is -2.15. The quantitative estimate of drug-likeness (QED) is 0.820. The summed E-state index contributed by atoms with van der Waals surface area (Å²) in [7, 11) is 0. The summed E-state index contributed by atoms with van der Waals surface area (Å²) in [6, 6.07) is 7.56. The Balaban J connectivity index is 1.96. The Morgan fingerprint density at radius 3 is 2.74 bits per heavy atom. The molecule has 0 radical (unpaired) electrons. The van der Waals surface area contributed by atoms with Crippen LogP contribution in [0.2, 0.25) is 0 Å². The molecule has 2 rings (SSSR count). The molecule has 1 N–H and O–H groups in total. The van der Waals surface area contributed by atoms with E-state index in [0.717, 1.165) is 24.0 Å². The SMILES string of the molecule is O=C(O)/C=C/c1ccccc1OCC1CCCCC1. The predicted molar refractivity (Wildman–Crippen MR) is 75.2 cm³/mol. The van der Waals surface area contributed by atoms with E-state index < -0.39 is 5.97 Å². The zero-order valence-corrected chi connectivity index (χ0v) is 11.0. The summed E-state index contributed by atoms with van der Waals surface area (Å²) in [4.78, 5) is 10.6. The van der Waals surface area contributed by atoms with Crippen LogP contribution in [0.5, 0.6) is 5.75 Å². The molecule has 1 aliphatic carbocycles. The highest BCUT2D eigenvalue weighted by atomic mass is 16.5. The lowest BCUT2D eigenvalue weighted by molar-refractivity contribution is -0.131. The Morgan fingerprint density at radius 1 is 1.26 bits per heavy atom. The fraction of sp³-hybridized carbons (Fsp3) is 0.438.